The maximum absolute atomic E-state index is 15.3. The molecule has 1 amide bonds. The van der Waals surface area contributed by atoms with Crippen LogP contribution in [0.1, 0.15) is 31.9 Å². The van der Waals surface area contributed by atoms with Crippen LogP contribution in [0.15, 0.2) is 60.7 Å². The van der Waals surface area contributed by atoms with Crippen LogP contribution in [-0.4, -0.2) is 50.1 Å². The summed E-state index contributed by atoms with van der Waals surface area (Å²) in [5.74, 6) is -0.683. The predicted molar refractivity (Wildman–Crippen MR) is 130 cm³/mol. The Labute approximate surface area is 202 Å². The minimum Gasteiger partial charge on any atom is -0.459 e. The minimum absolute atomic E-state index is 0.0298. The zero-order valence-corrected chi connectivity index (χ0v) is 21.1. The van der Waals surface area contributed by atoms with E-state index in [-0.39, 0.29) is 19.8 Å². The summed E-state index contributed by atoms with van der Waals surface area (Å²) < 4.78 is 32.7. The second-order valence-corrected chi connectivity index (χ2v) is 13.3. The molecule has 0 spiro atoms. The van der Waals surface area contributed by atoms with E-state index < -0.39 is 38.7 Å². The molecule has 0 saturated carbocycles. The van der Waals surface area contributed by atoms with Gasteiger partial charge in [0, 0.05) is 0 Å². The number of carbonyl (C=O) groups excluding carboxylic acids is 2. The number of alkyl halides is 1. The van der Waals surface area contributed by atoms with Gasteiger partial charge in [0.05, 0.1) is 6.54 Å². The number of ether oxygens (including phenoxy) is 2. The molecule has 1 fully saturated rings. The van der Waals surface area contributed by atoms with Crippen molar-refractivity contribution in [3.63, 3.8) is 0 Å². The van der Waals surface area contributed by atoms with Gasteiger partial charge < -0.3 is 13.9 Å². The Balaban J connectivity index is 1.79. The number of amides is 1. The number of esters is 1. The van der Waals surface area contributed by atoms with Crippen molar-refractivity contribution in [3.8, 4) is 0 Å². The van der Waals surface area contributed by atoms with Crippen molar-refractivity contribution in [2.75, 3.05) is 6.54 Å². The molecule has 6 nitrogen and oxygen atoms in total. The largest absolute Gasteiger partial charge is 0.459 e. The molecule has 8 heteroatoms. The summed E-state index contributed by atoms with van der Waals surface area (Å²) in [5, 5.41) is 0. The van der Waals surface area contributed by atoms with Crippen molar-refractivity contribution >= 4 is 20.4 Å². The molecule has 1 aliphatic heterocycles. The molecular formula is C26H34FNO5Si. The van der Waals surface area contributed by atoms with Crippen LogP contribution < -0.4 is 0 Å². The summed E-state index contributed by atoms with van der Waals surface area (Å²) >= 11 is 0. The Bertz CT molecular complexity index is 917. The van der Waals surface area contributed by atoms with E-state index in [0.717, 1.165) is 34.2 Å². The van der Waals surface area contributed by atoms with Gasteiger partial charge in [0.25, 0.3) is 0 Å². The first kappa shape index (κ1) is 25.9. The molecule has 1 saturated heterocycles. The van der Waals surface area contributed by atoms with Gasteiger partial charge in [-0.1, -0.05) is 81.4 Å². The van der Waals surface area contributed by atoms with Crippen LogP contribution >= 0.6 is 0 Å². The molecular weight excluding hydrogens is 453 g/mol. The molecule has 0 aliphatic carbocycles. The number of benzene rings is 2. The molecule has 2 aromatic carbocycles. The third-order valence-corrected chi connectivity index (χ3v) is 11.2. The molecule has 0 bridgehead atoms. The molecule has 1 heterocycles. The van der Waals surface area contributed by atoms with Crippen LogP contribution in [0.2, 0.25) is 18.1 Å². The number of halogens is 1. The van der Waals surface area contributed by atoms with Crippen molar-refractivity contribution in [2.45, 2.75) is 70.4 Å². The Morgan fingerprint density at radius 2 is 1.38 bits per heavy atom. The van der Waals surface area contributed by atoms with Gasteiger partial charge >= 0.3 is 12.1 Å². The maximum atomic E-state index is 15.3. The Kier molecular flexibility index (Phi) is 9.24. The summed E-state index contributed by atoms with van der Waals surface area (Å²) in [6, 6.07) is 19.6. The number of likely N-dealkylation sites (tertiary alicyclic amines) is 1. The van der Waals surface area contributed by atoms with Crippen LogP contribution in [-0.2, 0) is 31.9 Å². The molecule has 3 rings (SSSR count). The van der Waals surface area contributed by atoms with Gasteiger partial charge in [-0.05, 0) is 29.3 Å². The molecule has 34 heavy (non-hydrogen) atoms. The van der Waals surface area contributed by atoms with Gasteiger partial charge in [-0.25, -0.2) is 14.0 Å². The molecule has 184 valence electrons. The highest BCUT2D eigenvalue weighted by Gasteiger charge is 2.53. The normalized spacial score (nSPS) is 20.2. The second-order valence-electron chi connectivity index (χ2n) is 8.57. The zero-order chi connectivity index (χ0) is 24.6. The fraction of sp³-hybridized carbons (Fsp3) is 0.462. The van der Waals surface area contributed by atoms with Crippen molar-refractivity contribution in [1.29, 1.82) is 0 Å². The minimum atomic E-state index is -2.26. The van der Waals surface area contributed by atoms with E-state index in [1.807, 2.05) is 81.4 Å². The van der Waals surface area contributed by atoms with Gasteiger partial charge in [0.2, 0.25) is 0 Å². The van der Waals surface area contributed by atoms with Crippen LogP contribution in [0.3, 0.4) is 0 Å². The SMILES string of the molecule is CC[Si](CC)(CC)O[C@@H]1[C@@H](F)CN(C(=O)OCc2ccccc2)[C@H]1C(=O)OCc1ccccc1. The van der Waals surface area contributed by atoms with Crippen molar-refractivity contribution in [3.05, 3.63) is 71.8 Å². The molecule has 0 unspecified atom stereocenters. The Hall–Kier alpha value is -2.71. The molecule has 3 atom stereocenters. The third kappa shape index (κ3) is 6.24. The first-order valence-electron chi connectivity index (χ1n) is 11.9. The van der Waals surface area contributed by atoms with Crippen molar-refractivity contribution < 1.29 is 27.9 Å². The van der Waals surface area contributed by atoms with E-state index in [1.54, 1.807) is 0 Å². The third-order valence-electron chi connectivity index (χ3n) is 6.60. The summed E-state index contributed by atoms with van der Waals surface area (Å²) in [6.07, 6.45) is -3.33. The van der Waals surface area contributed by atoms with Crippen LogP contribution in [0, 0.1) is 0 Å². The van der Waals surface area contributed by atoms with E-state index in [4.69, 9.17) is 13.9 Å². The molecule has 2 aromatic rings. The number of nitrogens with zero attached hydrogens (tertiary/aromatic N) is 1. The fourth-order valence-electron chi connectivity index (χ4n) is 4.27. The Morgan fingerprint density at radius 1 is 0.882 bits per heavy atom. The topological polar surface area (TPSA) is 65.1 Å². The number of hydrogen-bond acceptors (Lipinski definition) is 5. The average molecular weight is 488 g/mol. The van der Waals surface area contributed by atoms with E-state index in [1.165, 1.54) is 0 Å². The Morgan fingerprint density at radius 3 is 1.88 bits per heavy atom. The lowest BCUT2D eigenvalue weighted by atomic mass is 10.1. The first-order chi connectivity index (χ1) is 16.4. The quantitative estimate of drug-likeness (QED) is 0.328. The maximum Gasteiger partial charge on any atom is 0.411 e. The van der Waals surface area contributed by atoms with Gasteiger partial charge in [0.15, 0.2) is 14.4 Å². The first-order valence-corrected chi connectivity index (χ1v) is 14.5. The lowest BCUT2D eigenvalue weighted by Crippen LogP contribution is -2.51. The van der Waals surface area contributed by atoms with Crippen molar-refractivity contribution in [1.82, 2.24) is 4.90 Å². The van der Waals surface area contributed by atoms with Crippen LogP contribution in [0.25, 0.3) is 0 Å². The molecule has 0 N–H and O–H groups in total. The molecule has 0 radical (unpaired) electrons. The average Bonchev–Trinajstić information content (AvgIpc) is 3.21. The number of hydrogen-bond donors (Lipinski definition) is 0. The predicted octanol–water partition coefficient (Wildman–Crippen LogP) is 5.48. The highest BCUT2D eigenvalue weighted by Crippen LogP contribution is 2.33. The fourth-order valence-corrected chi connectivity index (χ4v) is 7.13. The number of rotatable bonds is 10. The van der Waals surface area contributed by atoms with Crippen LogP contribution in [0.5, 0.6) is 0 Å². The summed E-state index contributed by atoms with van der Waals surface area (Å²) in [7, 11) is -2.26. The van der Waals surface area contributed by atoms with Gasteiger partial charge in [-0.15, -0.1) is 0 Å². The van der Waals surface area contributed by atoms with E-state index >= 15 is 4.39 Å². The summed E-state index contributed by atoms with van der Waals surface area (Å²) in [5.41, 5.74) is 1.61. The zero-order valence-electron chi connectivity index (χ0n) is 20.1. The summed E-state index contributed by atoms with van der Waals surface area (Å²) in [4.78, 5) is 27.3. The number of carbonyl (C=O) groups is 2. The van der Waals surface area contributed by atoms with E-state index in [0.29, 0.717) is 0 Å². The standard InChI is InChI=1S/C26H34FNO5Si/c1-4-34(5-2,6-3)33-24-22(27)17-28(26(30)32-19-21-15-11-8-12-16-21)23(24)25(29)31-18-20-13-9-7-10-14-20/h7-16,22-24H,4-6,17-19H2,1-3H3/t22-,23+,24+/m0/s1. The van der Waals surface area contributed by atoms with Gasteiger partial charge in [-0.2, -0.15) is 0 Å². The van der Waals surface area contributed by atoms with E-state index in [2.05, 4.69) is 0 Å². The van der Waals surface area contributed by atoms with E-state index in [9.17, 15) is 9.59 Å². The highest BCUT2D eigenvalue weighted by atomic mass is 28.4. The monoisotopic (exact) mass is 487 g/mol. The van der Waals surface area contributed by atoms with Crippen molar-refractivity contribution in [2.24, 2.45) is 0 Å². The lowest BCUT2D eigenvalue weighted by molar-refractivity contribution is -0.152. The summed E-state index contributed by atoms with van der Waals surface area (Å²) in [6.45, 7) is 5.90. The van der Waals surface area contributed by atoms with Gasteiger partial charge in [0.1, 0.15) is 25.5 Å². The molecule has 0 aromatic heterocycles. The molecule has 1 aliphatic rings. The second kappa shape index (κ2) is 12.1. The highest BCUT2D eigenvalue weighted by molar-refractivity contribution is 6.73. The van der Waals surface area contributed by atoms with Crippen LogP contribution in [0.4, 0.5) is 9.18 Å². The van der Waals surface area contributed by atoms with Gasteiger partial charge in [-0.3, -0.25) is 4.90 Å². The lowest BCUT2D eigenvalue weighted by Gasteiger charge is -2.34. The smallest absolute Gasteiger partial charge is 0.411 e.